The number of hydrogen-bond donors (Lipinski definition) is 2. The summed E-state index contributed by atoms with van der Waals surface area (Å²) in [5.74, 6) is 0.846. The minimum Gasteiger partial charge on any atom is -0.497 e. The van der Waals surface area contributed by atoms with Crippen molar-refractivity contribution in [3.05, 3.63) is 58.6 Å². The quantitative estimate of drug-likeness (QED) is 0.737. The van der Waals surface area contributed by atoms with Crippen LogP contribution in [0.25, 0.3) is 0 Å². The van der Waals surface area contributed by atoms with Crippen LogP contribution >= 0.6 is 23.8 Å². The van der Waals surface area contributed by atoms with E-state index in [9.17, 15) is 0 Å². The molecule has 0 aromatic heterocycles. The summed E-state index contributed by atoms with van der Waals surface area (Å²) in [7, 11) is 1.66. The van der Waals surface area contributed by atoms with Crippen molar-refractivity contribution in [1.82, 2.24) is 5.32 Å². The Balaban J connectivity index is 2.02. The predicted octanol–water partition coefficient (Wildman–Crippen LogP) is 5.09. The van der Waals surface area contributed by atoms with Gasteiger partial charge in [0.1, 0.15) is 5.75 Å². The molecule has 0 aliphatic rings. The van der Waals surface area contributed by atoms with E-state index in [-0.39, 0.29) is 6.04 Å². The van der Waals surface area contributed by atoms with Crippen LogP contribution in [0.3, 0.4) is 0 Å². The van der Waals surface area contributed by atoms with Crippen molar-refractivity contribution in [2.24, 2.45) is 0 Å². The van der Waals surface area contributed by atoms with Gasteiger partial charge in [-0.3, -0.25) is 0 Å². The second kappa shape index (κ2) is 8.18. The van der Waals surface area contributed by atoms with Gasteiger partial charge in [-0.2, -0.15) is 0 Å². The van der Waals surface area contributed by atoms with Crippen LogP contribution in [-0.4, -0.2) is 12.2 Å². The Morgan fingerprint density at radius 1 is 1.22 bits per heavy atom. The van der Waals surface area contributed by atoms with Gasteiger partial charge in [0, 0.05) is 10.7 Å². The molecule has 0 heterocycles. The summed E-state index contributed by atoms with van der Waals surface area (Å²) in [6, 6.07) is 13.9. The maximum atomic E-state index is 6.14. The van der Waals surface area contributed by atoms with Crippen LogP contribution in [0.15, 0.2) is 42.5 Å². The topological polar surface area (TPSA) is 33.3 Å². The normalized spacial score (nSPS) is 11.7. The largest absolute Gasteiger partial charge is 0.497 e. The molecule has 3 nitrogen and oxygen atoms in total. The highest BCUT2D eigenvalue weighted by Crippen LogP contribution is 2.22. The summed E-state index contributed by atoms with van der Waals surface area (Å²) in [6.45, 7) is 4.09. The molecule has 5 heteroatoms. The van der Waals surface area contributed by atoms with Crippen LogP contribution in [0.5, 0.6) is 5.75 Å². The number of methoxy groups -OCH3 is 1. The van der Waals surface area contributed by atoms with E-state index in [2.05, 4.69) is 17.6 Å². The third kappa shape index (κ3) is 4.85. The van der Waals surface area contributed by atoms with E-state index in [1.54, 1.807) is 7.11 Å². The van der Waals surface area contributed by atoms with Gasteiger partial charge in [-0.15, -0.1) is 0 Å². The molecule has 0 unspecified atom stereocenters. The van der Waals surface area contributed by atoms with E-state index in [0.717, 1.165) is 28.4 Å². The van der Waals surface area contributed by atoms with Crippen LogP contribution in [-0.2, 0) is 0 Å². The monoisotopic (exact) mass is 348 g/mol. The molecule has 0 fully saturated rings. The van der Waals surface area contributed by atoms with Crippen LogP contribution < -0.4 is 15.4 Å². The molecule has 2 aromatic carbocycles. The molecule has 0 saturated carbocycles. The number of benzene rings is 2. The van der Waals surface area contributed by atoms with Crippen LogP contribution in [0.4, 0.5) is 5.69 Å². The Morgan fingerprint density at radius 3 is 2.48 bits per heavy atom. The highest BCUT2D eigenvalue weighted by Gasteiger charge is 2.11. The summed E-state index contributed by atoms with van der Waals surface area (Å²) in [6.07, 6.45) is 0.919. The van der Waals surface area contributed by atoms with Crippen LogP contribution in [0.2, 0.25) is 5.02 Å². The molecule has 0 aliphatic heterocycles. The highest BCUT2D eigenvalue weighted by atomic mass is 35.5. The standard InChI is InChI=1S/C18H21ClN2OS/c1-4-17(13-6-9-15(22-3)10-7-13)21-18(23)20-14-8-5-12(2)16(19)11-14/h5-11,17H,4H2,1-3H3,(H2,20,21,23)/t17-/m0/s1. The summed E-state index contributed by atoms with van der Waals surface area (Å²) < 4.78 is 5.19. The first-order chi connectivity index (χ1) is 11.0. The fraction of sp³-hybridized carbons (Fsp3) is 0.278. The van der Waals surface area contributed by atoms with Crippen molar-refractivity contribution < 1.29 is 4.74 Å². The van der Waals surface area contributed by atoms with Gasteiger partial charge in [-0.05, 0) is 61.0 Å². The third-order valence-corrected chi connectivity index (χ3v) is 4.29. The minimum absolute atomic E-state index is 0.141. The average molecular weight is 349 g/mol. The molecular weight excluding hydrogens is 328 g/mol. The fourth-order valence-corrected chi connectivity index (χ4v) is 2.69. The second-order valence-electron chi connectivity index (χ2n) is 5.30. The fourth-order valence-electron chi connectivity index (χ4n) is 2.25. The lowest BCUT2D eigenvalue weighted by molar-refractivity contribution is 0.414. The Bertz CT molecular complexity index is 673. The first-order valence-electron chi connectivity index (χ1n) is 7.51. The zero-order valence-electron chi connectivity index (χ0n) is 13.5. The summed E-state index contributed by atoms with van der Waals surface area (Å²) in [5, 5.41) is 7.82. The van der Waals surface area contributed by atoms with Gasteiger partial charge in [0.25, 0.3) is 0 Å². The van der Waals surface area contributed by atoms with Crippen molar-refractivity contribution in [1.29, 1.82) is 0 Å². The van der Waals surface area contributed by atoms with Gasteiger partial charge in [-0.25, -0.2) is 0 Å². The Hall–Kier alpha value is -1.78. The van der Waals surface area contributed by atoms with E-state index in [1.165, 1.54) is 5.56 Å². The number of aryl methyl sites for hydroxylation is 1. The SMILES string of the molecule is CC[C@H](NC(=S)Nc1ccc(C)c(Cl)c1)c1ccc(OC)cc1. The number of rotatable bonds is 5. The van der Waals surface area contributed by atoms with Gasteiger partial charge in [0.05, 0.1) is 13.2 Å². The lowest BCUT2D eigenvalue weighted by Gasteiger charge is -2.20. The zero-order chi connectivity index (χ0) is 16.8. The van der Waals surface area contributed by atoms with Crippen molar-refractivity contribution in [2.45, 2.75) is 26.3 Å². The molecule has 0 bridgehead atoms. The molecule has 0 aliphatic carbocycles. The number of anilines is 1. The van der Waals surface area contributed by atoms with Crippen molar-refractivity contribution >= 4 is 34.6 Å². The second-order valence-corrected chi connectivity index (χ2v) is 6.11. The maximum Gasteiger partial charge on any atom is 0.171 e. The third-order valence-electron chi connectivity index (χ3n) is 3.66. The molecule has 2 aromatic rings. The van der Waals surface area contributed by atoms with Crippen molar-refractivity contribution in [3.63, 3.8) is 0 Å². The minimum atomic E-state index is 0.141. The van der Waals surface area contributed by atoms with Gasteiger partial charge < -0.3 is 15.4 Å². The summed E-state index contributed by atoms with van der Waals surface area (Å²) in [5.41, 5.74) is 3.09. The summed E-state index contributed by atoms with van der Waals surface area (Å²) in [4.78, 5) is 0. The Labute approximate surface area is 148 Å². The van der Waals surface area contributed by atoms with Crippen molar-refractivity contribution in [3.8, 4) is 5.75 Å². The van der Waals surface area contributed by atoms with E-state index >= 15 is 0 Å². The molecule has 23 heavy (non-hydrogen) atoms. The van der Waals surface area contributed by atoms with E-state index in [1.807, 2.05) is 49.4 Å². The van der Waals surface area contributed by atoms with Gasteiger partial charge in [0.15, 0.2) is 5.11 Å². The predicted molar refractivity (Wildman–Crippen MR) is 102 cm³/mol. The molecule has 0 radical (unpaired) electrons. The number of hydrogen-bond acceptors (Lipinski definition) is 2. The zero-order valence-corrected chi connectivity index (χ0v) is 15.1. The van der Waals surface area contributed by atoms with Crippen molar-refractivity contribution in [2.75, 3.05) is 12.4 Å². The Morgan fingerprint density at radius 2 is 1.91 bits per heavy atom. The number of thiocarbonyl (C=S) groups is 1. The van der Waals surface area contributed by atoms with Crippen LogP contribution in [0, 0.1) is 6.92 Å². The number of ether oxygens (including phenoxy) is 1. The molecule has 0 saturated heterocycles. The molecule has 1 atom stereocenters. The van der Waals surface area contributed by atoms with Crippen LogP contribution in [0.1, 0.15) is 30.5 Å². The van der Waals surface area contributed by atoms with Gasteiger partial charge in [-0.1, -0.05) is 36.7 Å². The van der Waals surface area contributed by atoms with E-state index in [4.69, 9.17) is 28.6 Å². The first-order valence-corrected chi connectivity index (χ1v) is 8.29. The summed E-state index contributed by atoms with van der Waals surface area (Å²) >= 11 is 11.6. The number of nitrogens with one attached hydrogen (secondary N) is 2. The number of halogens is 1. The molecule has 2 rings (SSSR count). The lowest BCUT2D eigenvalue weighted by atomic mass is 10.0. The van der Waals surface area contributed by atoms with Gasteiger partial charge >= 0.3 is 0 Å². The van der Waals surface area contributed by atoms with E-state index in [0.29, 0.717) is 5.11 Å². The molecule has 122 valence electrons. The molecular formula is C18H21ClN2OS. The smallest absolute Gasteiger partial charge is 0.171 e. The molecule has 0 amide bonds. The first kappa shape index (κ1) is 17.6. The Kier molecular flexibility index (Phi) is 6.25. The van der Waals surface area contributed by atoms with E-state index < -0.39 is 0 Å². The maximum absolute atomic E-state index is 6.14. The molecule has 0 spiro atoms. The van der Waals surface area contributed by atoms with Gasteiger partial charge in [0.2, 0.25) is 0 Å². The highest BCUT2D eigenvalue weighted by molar-refractivity contribution is 7.80. The lowest BCUT2D eigenvalue weighted by Crippen LogP contribution is -2.32. The molecule has 2 N–H and O–H groups in total. The average Bonchev–Trinajstić information content (AvgIpc) is 2.56.